The van der Waals surface area contributed by atoms with E-state index in [2.05, 4.69) is 0 Å². The van der Waals surface area contributed by atoms with E-state index in [0.29, 0.717) is 10.7 Å². The molecule has 2 aromatic rings. The van der Waals surface area contributed by atoms with Crippen molar-refractivity contribution in [3.63, 3.8) is 0 Å². The minimum absolute atomic E-state index is 0.0897. The number of hydrogen-bond acceptors (Lipinski definition) is 5. The predicted octanol–water partition coefficient (Wildman–Crippen LogP) is 3.21. The first-order chi connectivity index (χ1) is 12.3. The molecule has 0 radical (unpaired) electrons. The van der Waals surface area contributed by atoms with Gasteiger partial charge in [-0.1, -0.05) is 17.7 Å². The van der Waals surface area contributed by atoms with Gasteiger partial charge in [-0.15, -0.1) is 0 Å². The maximum Gasteiger partial charge on any atom is 0.270 e. The monoisotopic (exact) mass is 392 g/mol. The highest BCUT2D eigenvalue weighted by Crippen LogP contribution is 2.27. The largest absolute Gasteiger partial charge is 0.300 e. The Bertz CT molecular complexity index is 1000. The molecule has 0 bridgehead atoms. The van der Waals surface area contributed by atoms with Crippen LogP contribution in [0, 0.1) is 10.1 Å². The van der Waals surface area contributed by atoms with E-state index in [1.807, 2.05) is 0 Å². The van der Waals surface area contributed by atoms with Gasteiger partial charge in [0.15, 0.2) is 9.84 Å². The second-order valence-electron chi connectivity index (χ2n) is 5.68. The summed E-state index contributed by atoms with van der Waals surface area (Å²) >= 11 is 5.89. The zero-order chi connectivity index (χ0) is 18.9. The van der Waals surface area contributed by atoms with Gasteiger partial charge < -0.3 is 4.90 Å². The zero-order valence-corrected chi connectivity index (χ0v) is 14.9. The van der Waals surface area contributed by atoms with Crippen LogP contribution in [-0.4, -0.2) is 31.0 Å². The number of halogens is 1. The third-order valence-corrected chi connectivity index (χ3v) is 5.50. The summed E-state index contributed by atoms with van der Waals surface area (Å²) < 4.78 is 23.6. The van der Waals surface area contributed by atoms with E-state index in [9.17, 15) is 23.3 Å². The van der Waals surface area contributed by atoms with Gasteiger partial charge in [-0.3, -0.25) is 14.9 Å². The summed E-state index contributed by atoms with van der Waals surface area (Å²) in [6, 6.07) is 10.9. The van der Waals surface area contributed by atoms with Crippen molar-refractivity contribution in [3.8, 4) is 0 Å². The van der Waals surface area contributed by atoms with Crippen LogP contribution in [0.1, 0.15) is 10.4 Å². The van der Waals surface area contributed by atoms with Crippen LogP contribution in [0.25, 0.3) is 0 Å². The summed E-state index contributed by atoms with van der Waals surface area (Å²) in [7, 11) is -3.40. The first-order valence-electron chi connectivity index (χ1n) is 7.51. The number of nitro benzene ring substituents is 1. The lowest BCUT2D eigenvalue weighted by Gasteiger charge is -2.27. The van der Waals surface area contributed by atoms with Gasteiger partial charge in [0.25, 0.3) is 11.6 Å². The Labute approximate surface area is 154 Å². The number of benzene rings is 2. The highest BCUT2D eigenvalue weighted by molar-refractivity contribution is 7.94. The number of nitro groups is 1. The molecule has 134 valence electrons. The number of anilines is 1. The molecule has 2 aromatic carbocycles. The summed E-state index contributed by atoms with van der Waals surface area (Å²) in [5, 5.41) is 12.5. The summed E-state index contributed by atoms with van der Waals surface area (Å²) in [5.74, 6) is -0.793. The number of non-ortho nitro benzene ring substituents is 1. The standard InChI is InChI=1S/C17H13ClN2O5S/c18-13-4-6-14(7-5-13)19(16-8-9-26(24,25)11-16)17(21)12-2-1-3-15(10-12)20(22)23/h1-10,16H,11H2. The molecule has 1 amide bonds. The molecule has 0 fully saturated rings. The van der Waals surface area contributed by atoms with Crippen molar-refractivity contribution in [1.82, 2.24) is 0 Å². The molecule has 1 aliphatic heterocycles. The van der Waals surface area contributed by atoms with Crippen LogP contribution in [-0.2, 0) is 9.84 Å². The Hall–Kier alpha value is -2.71. The van der Waals surface area contributed by atoms with E-state index in [1.165, 1.54) is 35.2 Å². The lowest BCUT2D eigenvalue weighted by atomic mass is 10.1. The maximum atomic E-state index is 13.0. The average Bonchev–Trinajstić information content (AvgIpc) is 2.96. The van der Waals surface area contributed by atoms with E-state index in [0.717, 1.165) is 5.41 Å². The summed E-state index contributed by atoms with van der Waals surface area (Å²) in [4.78, 5) is 24.7. The van der Waals surface area contributed by atoms with Gasteiger partial charge in [0.1, 0.15) is 0 Å². The molecule has 0 spiro atoms. The van der Waals surface area contributed by atoms with Crippen molar-refractivity contribution in [2.75, 3.05) is 10.7 Å². The summed E-state index contributed by atoms with van der Waals surface area (Å²) in [6.45, 7) is 0. The van der Waals surface area contributed by atoms with Crippen LogP contribution < -0.4 is 4.90 Å². The van der Waals surface area contributed by atoms with Crippen LogP contribution in [0.3, 0.4) is 0 Å². The number of carbonyl (C=O) groups is 1. The van der Waals surface area contributed by atoms with Gasteiger partial charge >= 0.3 is 0 Å². The third kappa shape index (κ3) is 3.76. The fourth-order valence-corrected chi connectivity index (χ4v) is 4.07. The average molecular weight is 393 g/mol. The van der Waals surface area contributed by atoms with Crippen molar-refractivity contribution < 1.29 is 18.1 Å². The van der Waals surface area contributed by atoms with Gasteiger partial charge in [-0.05, 0) is 36.4 Å². The van der Waals surface area contributed by atoms with E-state index >= 15 is 0 Å². The minimum Gasteiger partial charge on any atom is -0.300 e. The Balaban J connectivity index is 2.04. The first-order valence-corrected chi connectivity index (χ1v) is 9.61. The molecule has 0 N–H and O–H groups in total. The Kier molecular flexibility index (Phi) is 4.80. The van der Waals surface area contributed by atoms with Crippen LogP contribution in [0.4, 0.5) is 11.4 Å². The molecular formula is C17H13ClN2O5S. The number of rotatable bonds is 4. The molecule has 3 rings (SSSR count). The lowest BCUT2D eigenvalue weighted by Crippen LogP contribution is -2.41. The van der Waals surface area contributed by atoms with E-state index in [1.54, 1.807) is 24.3 Å². The van der Waals surface area contributed by atoms with E-state index in [-0.39, 0.29) is 17.0 Å². The van der Waals surface area contributed by atoms with Crippen molar-refractivity contribution in [1.29, 1.82) is 0 Å². The van der Waals surface area contributed by atoms with Crippen molar-refractivity contribution in [2.24, 2.45) is 0 Å². The Morgan fingerprint density at radius 1 is 1.19 bits per heavy atom. The first kappa shape index (κ1) is 18.1. The molecule has 0 aromatic heterocycles. The van der Waals surface area contributed by atoms with Crippen LogP contribution in [0.5, 0.6) is 0 Å². The SMILES string of the molecule is O=C(c1cccc([N+](=O)[O-])c1)N(c1ccc(Cl)cc1)C1C=CS(=O)(=O)C1. The molecule has 26 heavy (non-hydrogen) atoms. The molecule has 0 saturated heterocycles. The fourth-order valence-electron chi connectivity index (χ4n) is 2.67. The number of amides is 1. The number of carbonyl (C=O) groups excluding carboxylic acids is 1. The number of sulfone groups is 1. The highest BCUT2D eigenvalue weighted by atomic mass is 35.5. The Morgan fingerprint density at radius 2 is 1.88 bits per heavy atom. The smallest absolute Gasteiger partial charge is 0.270 e. The quantitative estimate of drug-likeness (QED) is 0.587. The van der Waals surface area contributed by atoms with Crippen molar-refractivity contribution >= 4 is 38.7 Å². The van der Waals surface area contributed by atoms with Gasteiger partial charge in [-0.2, -0.15) is 0 Å². The van der Waals surface area contributed by atoms with Crippen LogP contribution >= 0.6 is 11.6 Å². The number of nitrogens with zero attached hydrogens (tertiary/aromatic N) is 2. The molecular weight excluding hydrogens is 380 g/mol. The van der Waals surface area contributed by atoms with Gasteiger partial charge in [-0.25, -0.2) is 8.42 Å². The van der Waals surface area contributed by atoms with Crippen molar-refractivity contribution in [2.45, 2.75) is 6.04 Å². The summed E-state index contributed by atoms with van der Waals surface area (Å²) in [6.07, 6.45) is 1.43. The Morgan fingerprint density at radius 3 is 2.46 bits per heavy atom. The van der Waals surface area contributed by atoms with Crippen molar-refractivity contribution in [3.05, 3.63) is 80.7 Å². The molecule has 7 nitrogen and oxygen atoms in total. The lowest BCUT2D eigenvalue weighted by molar-refractivity contribution is -0.384. The minimum atomic E-state index is -3.40. The second-order valence-corrected chi connectivity index (χ2v) is 8.05. The molecule has 9 heteroatoms. The van der Waals surface area contributed by atoms with Crippen LogP contribution in [0.15, 0.2) is 60.0 Å². The molecule has 0 aliphatic carbocycles. The molecule has 1 heterocycles. The fraction of sp³-hybridized carbons (Fsp3) is 0.118. The summed E-state index contributed by atoms with van der Waals surface area (Å²) in [5.41, 5.74) is 0.311. The second kappa shape index (κ2) is 6.89. The number of hydrogen-bond donors (Lipinski definition) is 0. The zero-order valence-electron chi connectivity index (χ0n) is 13.3. The predicted molar refractivity (Wildman–Crippen MR) is 98.1 cm³/mol. The maximum absolute atomic E-state index is 13.0. The highest BCUT2D eigenvalue weighted by Gasteiger charge is 2.32. The van der Waals surface area contributed by atoms with Crippen LogP contribution in [0.2, 0.25) is 5.02 Å². The van der Waals surface area contributed by atoms with Gasteiger partial charge in [0.05, 0.1) is 16.7 Å². The van der Waals surface area contributed by atoms with Gasteiger partial charge in [0, 0.05) is 33.8 Å². The normalized spacial score (nSPS) is 17.8. The third-order valence-electron chi connectivity index (χ3n) is 3.87. The molecule has 0 saturated carbocycles. The molecule has 1 aliphatic rings. The molecule has 1 unspecified atom stereocenters. The topological polar surface area (TPSA) is 97.6 Å². The van der Waals surface area contributed by atoms with E-state index in [4.69, 9.17) is 11.6 Å². The van der Waals surface area contributed by atoms with E-state index < -0.39 is 26.7 Å². The van der Waals surface area contributed by atoms with Gasteiger partial charge in [0.2, 0.25) is 0 Å². The molecule has 1 atom stereocenters.